The van der Waals surface area contributed by atoms with Crippen LogP contribution in [0.3, 0.4) is 0 Å². The molecule has 0 aliphatic heterocycles. The van der Waals surface area contributed by atoms with E-state index in [0.29, 0.717) is 12.2 Å². The molecule has 3 rings (SSSR count). The van der Waals surface area contributed by atoms with E-state index in [1.165, 1.54) is 16.2 Å². The van der Waals surface area contributed by atoms with E-state index < -0.39 is 0 Å². The minimum atomic E-state index is -0.181. The summed E-state index contributed by atoms with van der Waals surface area (Å²) in [6, 6.07) is 23.4. The Hall–Kier alpha value is -3.36. The zero-order valence-corrected chi connectivity index (χ0v) is 16.4. The van der Waals surface area contributed by atoms with Crippen molar-refractivity contribution in [1.82, 2.24) is 4.90 Å². The molecule has 0 N–H and O–H groups in total. The number of carbonyl (C=O) groups is 1. The highest BCUT2D eigenvalue weighted by Crippen LogP contribution is 2.26. The molecule has 0 fully saturated rings. The summed E-state index contributed by atoms with van der Waals surface area (Å²) < 4.78 is 5.89. The number of hydrogen-bond acceptors (Lipinski definition) is 4. The molecular formula is C23H20N2O2S. The van der Waals surface area contributed by atoms with E-state index in [1.807, 2.05) is 84.3 Å². The average Bonchev–Trinajstić information content (AvgIpc) is 3.26. The highest BCUT2D eigenvalue weighted by atomic mass is 32.1. The molecule has 5 heteroatoms. The molecule has 0 atom stereocenters. The fourth-order valence-corrected chi connectivity index (χ4v) is 3.39. The van der Waals surface area contributed by atoms with Crippen LogP contribution in [0.25, 0.3) is 11.6 Å². The molecular weight excluding hydrogens is 368 g/mol. The summed E-state index contributed by atoms with van der Waals surface area (Å²) in [6.07, 6.45) is 1.84. The van der Waals surface area contributed by atoms with Gasteiger partial charge in [-0.25, -0.2) is 0 Å². The number of amides is 1. The summed E-state index contributed by atoms with van der Waals surface area (Å²) in [6.45, 7) is 0.525. The summed E-state index contributed by atoms with van der Waals surface area (Å²) in [5, 5.41) is 10.8. The first-order valence-electron chi connectivity index (χ1n) is 8.82. The molecule has 0 saturated carbocycles. The third-order valence-corrected chi connectivity index (χ3v) is 4.99. The normalized spacial score (nSPS) is 10.9. The van der Waals surface area contributed by atoms with Crippen LogP contribution in [0, 0.1) is 11.3 Å². The number of benzene rings is 2. The molecule has 3 aromatic rings. The van der Waals surface area contributed by atoms with Crippen molar-refractivity contribution in [1.29, 1.82) is 5.26 Å². The van der Waals surface area contributed by atoms with Gasteiger partial charge in [0.25, 0.3) is 5.91 Å². The lowest BCUT2D eigenvalue weighted by Gasteiger charge is -2.15. The zero-order valence-electron chi connectivity index (χ0n) is 15.5. The van der Waals surface area contributed by atoms with Crippen LogP contribution in [0.1, 0.15) is 16.0 Å². The van der Waals surface area contributed by atoms with Crippen LogP contribution in [0.4, 0.5) is 0 Å². The molecule has 140 valence electrons. The van der Waals surface area contributed by atoms with Crippen LogP contribution in [0.15, 0.2) is 72.1 Å². The van der Waals surface area contributed by atoms with Gasteiger partial charge >= 0.3 is 0 Å². The molecule has 1 amide bonds. The van der Waals surface area contributed by atoms with Crippen molar-refractivity contribution in [2.75, 3.05) is 13.6 Å². The minimum Gasteiger partial charge on any atom is -0.489 e. The largest absolute Gasteiger partial charge is 0.489 e. The second-order valence-electron chi connectivity index (χ2n) is 6.20. The van der Waals surface area contributed by atoms with Gasteiger partial charge in [0.05, 0.1) is 11.6 Å². The molecule has 1 heterocycles. The molecule has 0 spiro atoms. The molecule has 0 unspecified atom stereocenters. The van der Waals surface area contributed by atoms with Gasteiger partial charge in [-0.15, -0.1) is 11.3 Å². The standard InChI is InChI=1S/C23H20N2O2S/c1-25(13-12-24)23(26)21(22-11-6-14-28-22)16-19-9-5-10-20(15-19)27-17-18-7-3-2-4-8-18/h2-11,14-16H,13,17H2,1H3. The van der Waals surface area contributed by atoms with Gasteiger partial charge in [-0.1, -0.05) is 48.5 Å². The Morgan fingerprint density at radius 3 is 2.68 bits per heavy atom. The number of likely N-dealkylation sites (N-methyl/N-ethyl adjacent to an activating group) is 1. The molecule has 4 nitrogen and oxygen atoms in total. The van der Waals surface area contributed by atoms with Gasteiger partial charge in [-0.05, 0) is 40.8 Å². The van der Waals surface area contributed by atoms with Crippen LogP contribution in [-0.2, 0) is 11.4 Å². The Bertz CT molecular complexity index is 989. The highest BCUT2D eigenvalue weighted by molar-refractivity contribution is 7.11. The van der Waals surface area contributed by atoms with Crippen molar-refractivity contribution in [2.24, 2.45) is 0 Å². The van der Waals surface area contributed by atoms with E-state index in [2.05, 4.69) is 0 Å². The van der Waals surface area contributed by atoms with Crippen molar-refractivity contribution in [3.8, 4) is 11.8 Å². The number of hydrogen-bond donors (Lipinski definition) is 0. The third-order valence-electron chi connectivity index (χ3n) is 4.09. The van der Waals surface area contributed by atoms with Crippen LogP contribution in [0.2, 0.25) is 0 Å². The van der Waals surface area contributed by atoms with Gasteiger partial charge in [0.1, 0.15) is 18.9 Å². The Morgan fingerprint density at radius 2 is 1.96 bits per heavy atom. The number of thiophene rings is 1. The molecule has 0 saturated heterocycles. The lowest BCUT2D eigenvalue weighted by atomic mass is 10.1. The zero-order chi connectivity index (χ0) is 19.8. The second-order valence-corrected chi connectivity index (χ2v) is 7.15. The van der Waals surface area contributed by atoms with Gasteiger partial charge in [0, 0.05) is 11.9 Å². The van der Waals surface area contributed by atoms with Crippen molar-refractivity contribution in [3.63, 3.8) is 0 Å². The monoisotopic (exact) mass is 388 g/mol. The van der Waals surface area contributed by atoms with Gasteiger partial charge in [-0.2, -0.15) is 5.26 Å². The predicted molar refractivity (Wildman–Crippen MR) is 113 cm³/mol. The first kappa shape index (κ1) is 19.4. The quantitative estimate of drug-likeness (QED) is 0.429. The number of nitrogens with zero attached hydrogens (tertiary/aromatic N) is 2. The van der Waals surface area contributed by atoms with Gasteiger partial charge in [-0.3, -0.25) is 4.79 Å². The third kappa shape index (κ3) is 5.09. The number of carbonyl (C=O) groups excluding carboxylic acids is 1. The van der Waals surface area contributed by atoms with Crippen LogP contribution >= 0.6 is 11.3 Å². The first-order valence-corrected chi connectivity index (χ1v) is 9.70. The molecule has 0 aliphatic carbocycles. The van der Waals surface area contributed by atoms with Gasteiger partial charge in [0.15, 0.2) is 0 Å². The van der Waals surface area contributed by atoms with E-state index in [0.717, 1.165) is 21.8 Å². The fourth-order valence-electron chi connectivity index (χ4n) is 2.66. The predicted octanol–water partition coefficient (Wildman–Crippen LogP) is 4.85. The average molecular weight is 388 g/mol. The fraction of sp³-hybridized carbons (Fsp3) is 0.130. The molecule has 0 bridgehead atoms. The van der Waals surface area contributed by atoms with Crippen molar-refractivity contribution < 1.29 is 9.53 Å². The number of ether oxygens (including phenoxy) is 1. The summed E-state index contributed by atoms with van der Waals surface area (Å²) in [7, 11) is 1.63. The van der Waals surface area contributed by atoms with E-state index in [4.69, 9.17) is 10.00 Å². The van der Waals surface area contributed by atoms with E-state index in [9.17, 15) is 4.79 Å². The minimum absolute atomic E-state index is 0.0434. The van der Waals surface area contributed by atoms with Crippen molar-refractivity contribution in [3.05, 3.63) is 88.1 Å². The topological polar surface area (TPSA) is 53.3 Å². The Morgan fingerprint density at radius 1 is 1.14 bits per heavy atom. The summed E-state index contributed by atoms with van der Waals surface area (Å²) >= 11 is 1.50. The van der Waals surface area contributed by atoms with Gasteiger partial charge in [0.2, 0.25) is 0 Å². The Labute approximate surface area is 168 Å². The lowest BCUT2D eigenvalue weighted by molar-refractivity contribution is -0.123. The van der Waals surface area contributed by atoms with Crippen LogP contribution < -0.4 is 4.74 Å². The lowest BCUT2D eigenvalue weighted by Crippen LogP contribution is -2.27. The van der Waals surface area contributed by atoms with Gasteiger partial charge < -0.3 is 9.64 Å². The molecule has 0 aliphatic rings. The maximum atomic E-state index is 12.8. The molecule has 0 radical (unpaired) electrons. The summed E-state index contributed by atoms with van der Waals surface area (Å²) in [5.41, 5.74) is 2.52. The van der Waals surface area contributed by atoms with Crippen molar-refractivity contribution >= 4 is 28.9 Å². The molecule has 1 aromatic heterocycles. The summed E-state index contributed by atoms with van der Waals surface area (Å²) in [4.78, 5) is 15.1. The van der Waals surface area contributed by atoms with Crippen molar-refractivity contribution in [2.45, 2.75) is 6.61 Å². The number of rotatable bonds is 7. The van der Waals surface area contributed by atoms with E-state index in [1.54, 1.807) is 7.05 Å². The SMILES string of the molecule is CN(CC#N)C(=O)C(=Cc1cccc(OCc2ccccc2)c1)c1cccs1. The summed E-state index contributed by atoms with van der Waals surface area (Å²) in [5.74, 6) is 0.556. The van der Waals surface area contributed by atoms with E-state index >= 15 is 0 Å². The van der Waals surface area contributed by atoms with E-state index in [-0.39, 0.29) is 12.5 Å². The van der Waals surface area contributed by atoms with Crippen LogP contribution in [-0.4, -0.2) is 24.4 Å². The molecule has 28 heavy (non-hydrogen) atoms. The smallest absolute Gasteiger partial charge is 0.255 e. The molecule has 2 aromatic carbocycles. The Kier molecular flexibility index (Phi) is 6.61. The maximum Gasteiger partial charge on any atom is 0.255 e. The Balaban J connectivity index is 1.84. The maximum absolute atomic E-state index is 12.8. The van der Waals surface area contributed by atoms with Crippen LogP contribution in [0.5, 0.6) is 5.75 Å². The number of nitriles is 1. The highest BCUT2D eigenvalue weighted by Gasteiger charge is 2.17. The first-order chi connectivity index (χ1) is 13.7. The second kappa shape index (κ2) is 9.54.